The monoisotopic (exact) mass is 340 g/mol. The van der Waals surface area contributed by atoms with Crippen molar-refractivity contribution in [1.82, 2.24) is 5.01 Å². The molecule has 4 nitrogen and oxygen atoms in total. The highest BCUT2D eigenvalue weighted by Gasteiger charge is 2.73. The van der Waals surface area contributed by atoms with E-state index in [4.69, 9.17) is 0 Å². The van der Waals surface area contributed by atoms with Gasteiger partial charge in [0.1, 0.15) is 0 Å². The van der Waals surface area contributed by atoms with Gasteiger partial charge in [-0.2, -0.15) is 23.3 Å². The Labute approximate surface area is 138 Å². The Hall–Kier alpha value is -1.89. The number of hydrazone groups is 1. The second-order valence-corrected chi connectivity index (χ2v) is 6.59. The number of carbonyl (C=O) groups is 1. The van der Waals surface area contributed by atoms with Gasteiger partial charge in [0, 0.05) is 11.3 Å². The smallest absolute Gasteiger partial charge is 0.361 e. The van der Waals surface area contributed by atoms with Crippen molar-refractivity contribution < 1.29 is 23.1 Å². The number of benzene rings is 1. The highest BCUT2D eigenvalue weighted by molar-refractivity contribution is 6.00. The van der Waals surface area contributed by atoms with Crippen LogP contribution in [0.3, 0.4) is 0 Å². The molecular formula is C17H19F3N2O2. The third-order valence-electron chi connectivity index (χ3n) is 5.13. The molecule has 1 fully saturated rings. The summed E-state index contributed by atoms with van der Waals surface area (Å²) in [5.41, 5.74) is -4.63. The fourth-order valence-electron chi connectivity index (χ4n) is 3.66. The number of alkyl halides is 3. The van der Waals surface area contributed by atoms with Gasteiger partial charge in [0.2, 0.25) is 0 Å². The van der Waals surface area contributed by atoms with E-state index >= 15 is 0 Å². The van der Waals surface area contributed by atoms with Gasteiger partial charge in [0.25, 0.3) is 11.6 Å². The Morgan fingerprint density at radius 2 is 1.88 bits per heavy atom. The second kappa shape index (κ2) is 5.58. The lowest BCUT2D eigenvalue weighted by Gasteiger charge is -2.43. The van der Waals surface area contributed by atoms with E-state index in [0.717, 1.165) is 6.42 Å². The molecule has 130 valence electrons. The average molecular weight is 340 g/mol. The van der Waals surface area contributed by atoms with E-state index in [0.29, 0.717) is 19.3 Å². The number of amides is 1. The van der Waals surface area contributed by atoms with Gasteiger partial charge >= 0.3 is 6.18 Å². The third kappa shape index (κ3) is 2.25. The minimum absolute atomic E-state index is 0.0598. The summed E-state index contributed by atoms with van der Waals surface area (Å²) in [6.07, 6.45) is -2.47. The molecule has 0 bridgehead atoms. The summed E-state index contributed by atoms with van der Waals surface area (Å²) in [5.74, 6) is -0.947. The molecule has 2 aliphatic rings. The lowest BCUT2D eigenvalue weighted by Crippen LogP contribution is -2.65. The molecule has 0 radical (unpaired) electrons. The Balaban J connectivity index is 2.12. The molecule has 24 heavy (non-hydrogen) atoms. The highest BCUT2D eigenvalue weighted by Crippen LogP contribution is 2.55. The molecule has 0 aromatic heterocycles. The predicted octanol–water partition coefficient (Wildman–Crippen LogP) is 3.72. The van der Waals surface area contributed by atoms with Gasteiger partial charge in [-0.1, -0.05) is 31.0 Å². The molecule has 1 heterocycles. The maximum atomic E-state index is 13.9. The summed E-state index contributed by atoms with van der Waals surface area (Å²) in [6.45, 7) is 1.36. The zero-order valence-corrected chi connectivity index (χ0v) is 13.3. The van der Waals surface area contributed by atoms with Crippen molar-refractivity contribution in [3.05, 3.63) is 35.9 Å². The van der Waals surface area contributed by atoms with Gasteiger partial charge in [-0.05, 0) is 38.3 Å². The van der Waals surface area contributed by atoms with Crippen LogP contribution in [0.4, 0.5) is 13.2 Å². The summed E-state index contributed by atoms with van der Waals surface area (Å²) in [4.78, 5) is 12.6. The zero-order valence-electron chi connectivity index (χ0n) is 13.3. The van der Waals surface area contributed by atoms with Crippen molar-refractivity contribution in [2.75, 3.05) is 0 Å². The molecule has 3 rings (SSSR count). The first kappa shape index (κ1) is 17.0. The first-order valence-corrected chi connectivity index (χ1v) is 7.98. The number of carbonyl (C=O) groups excluding carboxylic acids is 1. The van der Waals surface area contributed by atoms with Crippen LogP contribution >= 0.6 is 0 Å². The van der Waals surface area contributed by atoms with E-state index in [2.05, 4.69) is 5.10 Å². The number of hydrogen-bond donors (Lipinski definition) is 1. The summed E-state index contributed by atoms with van der Waals surface area (Å²) in [5, 5.41) is 15.0. The average Bonchev–Trinajstić information content (AvgIpc) is 2.66. The molecule has 1 aromatic carbocycles. The van der Waals surface area contributed by atoms with Crippen LogP contribution in [0.2, 0.25) is 0 Å². The molecule has 1 saturated carbocycles. The molecule has 1 amide bonds. The fourth-order valence-corrected chi connectivity index (χ4v) is 3.66. The number of hydrogen-bond acceptors (Lipinski definition) is 3. The third-order valence-corrected chi connectivity index (χ3v) is 5.13. The molecule has 2 unspecified atom stereocenters. The molecule has 1 aromatic rings. The van der Waals surface area contributed by atoms with E-state index in [1.807, 2.05) is 0 Å². The maximum absolute atomic E-state index is 13.9. The Bertz CT molecular complexity index is 674. The Kier molecular flexibility index (Phi) is 3.94. The topological polar surface area (TPSA) is 52.9 Å². The van der Waals surface area contributed by atoms with Gasteiger partial charge in [-0.25, -0.2) is 0 Å². The molecule has 1 N–H and O–H groups in total. The zero-order chi connectivity index (χ0) is 17.6. The van der Waals surface area contributed by atoms with Crippen LogP contribution < -0.4 is 0 Å². The fraction of sp³-hybridized carbons (Fsp3) is 0.529. The van der Waals surface area contributed by atoms with Crippen LogP contribution in [0.15, 0.2) is 35.4 Å². The number of rotatable bonds is 1. The van der Waals surface area contributed by atoms with Crippen LogP contribution in [-0.4, -0.2) is 33.6 Å². The van der Waals surface area contributed by atoms with Gasteiger partial charge in [0.15, 0.2) is 0 Å². The highest BCUT2D eigenvalue weighted by atomic mass is 19.4. The first-order chi connectivity index (χ1) is 11.2. The molecule has 0 spiro atoms. The van der Waals surface area contributed by atoms with Gasteiger partial charge in [-0.15, -0.1) is 0 Å². The summed E-state index contributed by atoms with van der Waals surface area (Å²) in [7, 11) is 0. The largest absolute Gasteiger partial charge is 0.439 e. The van der Waals surface area contributed by atoms with Gasteiger partial charge in [0.05, 0.1) is 5.41 Å². The van der Waals surface area contributed by atoms with E-state index in [1.165, 1.54) is 19.1 Å². The summed E-state index contributed by atoms with van der Waals surface area (Å²) < 4.78 is 41.7. The SMILES string of the molecule is CC12CCCCCC1=NN(C(=O)c1ccccc1)C2(O)C(F)(F)F. The number of aliphatic hydroxyl groups is 1. The lowest BCUT2D eigenvalue weighted by atomic mass is 9.72. The van der Waals surface area contributed by atoms with E-state index < -0.39 is 23.2 Å². The molecule has 7 heteroatoms. The molecule has 1 aliphatic carbocycles. The van der Waals surface area contributed by atoms with E-state index in [-0.39, 0.29) is 22.7 Å². The van der Waals surface area contributed by atoms with Gasteiger partial charge < -0.3 is 5.11 Å². The van der Waals surface area contributed by atoms with Gasteiger partial charge in [-0.3, -0.25) is 4.79 Å². The standard InChI is InChI=1S/C17H19F3N2O2/c1-15-11-7-3-6-10-13(15)21-22(16(15,24)17(18,19)20)14(23)12-8-4-2-5-9-12/h2,4-5,8-9,24H,3,6-7,10-11H2,1H3. The van der Waals surface area contributed by atoms with Crippen LogP contribution in [0, 0.1) is 5.41 Å². The Morgan fingerprint density at radius 3 is 2.50 bits per heavy atom. The quantitative estimate of drug-likeness (QED) is 0.847. The molecule has 2 atom stereocenters. The minimum Gasteiger partial charge on any atom is -0.361 e. The van der Waals surface area contributed by atoms with Crippen molar-refractivity contribution in [1.29, 1.82) is 0 Å². The summed E-state index contributed by atoms with van der Waals surface area (Å²) in [6, 6.07) is 7.60. The van der Waals surface area contributed by atoms with Crippen LogP contribution in [-0.2, 0) is 0 Å². The molecule has 1 aliphatic heterocycles. The lowest BCUT2D eigenvalue weighted by molar-refractivity contribution is -0.328. The second-order valence-electron chi connectivity index (χ2n) is 6.59. The van der Waals surface area contributed by atoms with Crippen LogP contribution in [0.1, 0.15) is 49.4 Å². The maximum Gasteiger partial charge on any atom is 0.439 e. The number of fused-ring (bicyclic) bond motifs is 1. The van der Waals surface area contributed by atoms with Crippen molar-refractivity contribution in [3.8, 4) is 0 Å². The van der Waals surface area contributed by atoms with E-state index in [1.54, 1.807) is 18.2 Å². The van der Waals surface area contributed by atoms with Crippen molar-refractivity contribution in [3.63, 3.8) is 0 Å². The summed E-state index contributed by atoms with van der Waals surface area (Å²) >= 11 is 0. The normalized spacial score (nSPS) is 30.5. The number of halogens is 3. The Morgan fingerprint density at radius 1 is 1.21 bits per heavy atom. The van der Waals surface area contributed by atoms with Crippen molar-refractivity contribution in [2.24, 2.45) is 10.5 Å². The van der Waals surface area contributed by atoms with E-state index in [9.17, 15) is 23.1 Å². The van der Waals surface area contributed by atoms with Crippen molar-refractivity contribution >= 4 is 11.6 Å². The molecule has 0 saturated heterocycles. The van der Waals surface area contributed by atoms with Crippen molar-refractivity contribution in [2.45, 2.75) is 50.9 Å². The predicted molar refractivity (Wildman–Crippen MR) is 82.2 cm³/mol. The van der Waals surface area contributed by atoms with Crippen LogP contribution in [0.5, 0.6) is 0 Å². The minimum atomic E-state index is -5.01. The molecular weight excluding hydrogens is 321 g/mol. The number of nitrogens with zero attached hydrogens (tertiary/aromatic N) is 2. The van der Waals surface area contributed by atoms with Crippen LogP contribution in [0.25, 0.3) is 0 Å². The first-order valence-electron chi connectivity index (χ1n) is 7.98.